The second-order valence-electron chi connectivity index (χ2n) is 3.77. The first kappa shape index (κ1) is 13.7. The molecule has 0 saturated carbocycles. The van der Waals surface area contributed by atoms with Crippen molar-refractivity contribution in [2.75, 3.05) is 5.32 Å². The third-order valence-electron chi connectivity index (χ3n) is 2.22. The standard InChI is InChI=1S/C13H14N2O3/c1-2-4-11(14)13(18)15-10-6-3-5-9(7-10)8-12(16)17/h1,3,5-7,11H,4,8,14H2,(H,15,18)(H,16,17). The van der Waals surface area contributed by atoms with E-state index in [-0.39, 0.29) is 18.7 Å². The molecule has 0 aliphatic rings. The van der Waals surface area contributed by atoms with E-state index in [0.717, 1.165) is 0 Å². The maximum Gasteiger partial charge on any atom is 0.307 e. The zero-order chi connectivity index (χ0) is 13.5. The quantitative estimate of drug-likeness (QED) is 0.663. The highest BCUT2D eigenvalue weighted by Crippen LogP contribution is 2.11. The highest BCUT2D eigenvalue weighted by molar-refractivity contribution is 5.95. The van der Waals surface area contributed by atoms with Crippen molar-refractivity contribution < 1.29 is 14.7 Å². The van der Waals surface area contributed by atoms with E-state index >= 15 is 0 Å². The van der Waals surface area contributed by atoms with E-state index in [1.54, 1.807) is 24.3 Å². The lowest BCUT2D eigenvalue weighted by atomic mass is 10.1. The Hall–Kier alpha value is -2.32. The first-order valence-electron chi connectivity index (χ1n) is 5.33. The normalized spacial score (nSPS) is 11.3. The summed E-state index contributed by atoms with van der Waals surface area (Å²) in [5.41, 5.74) is 6.65. The van der Waals surface area contributed by atoms with E-state index in [1.165, 1.54) is 0 Å². The van der Waals surface area contributed by atoms with Crippen molar-refractivity contribution in [2.24, 2.45) is 5.73 Å². The molecule has 18 heavy (non-hydrogen) atoms. The fourth-order valence-corrected chi connectivity index (χ4v) is 1.39. The molecule has 5 heteroatoms. The number of benzene rings is 1. The lowest BCUT2D eigenvalue weighted by Gasteiger charge is -2.10. The summed E-state index contributed by atoms with van der Waals surface area (Å²) in [4.78, 5) is 22.2. The third-order valence-corrected chi connectivity index (χ3v) is 2.22. The molecule has 1 rings (SSSR count). The number of anilines is 1. The van der Waals surface area contributed by atoms with Gasteiger partial charge in [-0.2, -0.15) is 0 Å². The largest absolute Gasteiger partial charge is 0.481 e. The van der Waals surface area contributed by atoms with Gasteiger partial charge >= 0.3 is 5.97 Å². The number of carbonyl (C=O) groups is 2. The molecule has 1 unspecified atom stereocenters. The molecule has 5 nitrogen and oxygen atoms in total. The van der Waals surface area contributed by atoms with Crippen molar-refractivity contribution >= 4 is 17.6 Å². The molecular formula is C13H14N2O3. The van der Waals surface area contributed by atoms with Gasteiger partial charge < -0.3 is 16.2 Å². The van der Waals surface area contributed by atoms with E-state index in [2.05, 4.69) is 11.2 Å². The predicted octanol–water partition coefficient (Wildman–Crippen LogP) is 0.603. The van der Waals surface area contributed by atoms with Gasteiger partial charge in [0.15, 0.2) is 0 Å². The van der Waals surface area contributed by atoms with Gasteiger partial charge in [0.05, 0.1) is 12.5 Å². The maximum atomic E-state index is 11.6. The molecule has 0 fully saturated rings. The Morgan fingerprint density at radius 1 is 1.50 bits per heavy atom. The summed E-state index contributed by atoms with van der Waals surface area (Å²) in [6.07, 6.45) is 5.12. The molecule has 0 aromatic heterocycles. The Balaban J connectivity index is 2.70. The molecule has 1 amide bonds. The first-order valence-corrected chi connectivity index (χ1v) is 5.33. The average Bonchev–Trinajstić information content (AvgIpc) is 2.28. The van der Waals surface area contributed by atoms with Gasteiger partial charge in [0.2, 0.25) is 5.91 Å². The van der Waals surface area contributed by atoms with Gasteiger partial charge in [0.25, 0.3) is 0 Å². The van der Waals surface area contributed by atoms with Crippen molar-refractivity contribution in [2.45, 2.75) is 18.9 Å². The molecule has 0 heterocycles. The molecule has 0 aliphatic heterocycles. The Kier molecular flexibility index (Phi) is 4.90. The first-order chi connectivity index (χ1) is 8.52. The molecule has 94 valence electrons. The minimum atomic E-state index is -0.928. The molecule has 0 saturated heterocycles. The lowest BCUT2D eigenvalue weighted by molar-refractivity contribution is -0.136. The molecular weight excluding hydrogens is 232 g/mol. The van der Waals surface area contributed by atoms with Gasteiger partial charge in [-0.05, 0) is 17.7 Å². The van der Waals surface area contributed by atoms with Gasteiger partial charge in [-0.3, -0.25) is 9.59 Å². The zero-order valence-electron chi connectivity index (χ0n) is 9.72. The second kappa shape index (κ2) is 6.42. The van der Waals surface area contributed by atoms with Crippen LogP contribution in [0.15, 0.2) is 24.3 Å². The lowest BCUT2D eigenvalue weighted by Crippen LogP contribution is -2.35. The van der Waals surface area contributed by atoms with Crippen LogP contribution in [0.1, 0.15) is 12.0 Å². The summed E-state index contributed by atoms with van der Waals surface area (Å²) in [7, 11) is 0. The van der Waals surface area contributed by atoms with Crippen LogP contribution >= 0.6 is 0 Å². The van der Waals surface area contributed by atoms with Crippen LogP contribution < -0.4 is 11.1 Å². The summed E-state index contributed by atoms with van der Waals surface area (Å²) in [6, 6.07) is 5.82. The molecule has 0 spiro atoms. The Labute approximate surface area is 105 Å². The molecule has 4 N–H and O–H groups in total. The van der Waals surface area contributed by atoms with Crippen LogP contribution in [0, 0.1) is 12.3 Å². The van der Waals surface area contributed by atoms with Crippen molar-refractivity contribution in [3.8, 4) is 12.3 Å². The molecule has 0 aliphatic carbocycles. The summed E-state index contributed by atoms with van der Waals surface area (Å²) >= 11 is 0. The van der Waals surface area contributed by atoms with Crippen molar-refractivity contribution in [1.29, 1.82) is 0 Å². The number of carbonyl (C=O) groups excluding carboxylic acids is 1. The summed E-state index contributed by atoms with van der Waals surface area (Å²) in [5, 5.41) is 11.3. The number of aliphatic carboxylic acids is 1. The van der Waals surface area contributed by atoms with Gasteiger partial charge in [0.1, 0.15) is 0 Å². The number of nitrogens with one attached hydrogen (secondary N) is 1. The van der Waals surface area contributed by atoms with Crippen molar-refractivity contribution in [1.82, 2.24) is 0 Å². The topological polar surface area (TPSA) is 92.4 Å². The number of carboxylic acids is 1. The molecule has 1 aromatic carbocycles. The van der Waals surface area contributed by atoms with Crippen molar-refractivity contribution in [3.05, 3.63) is 29.8 Å². The van der Waals surface area contributed by atoms with Crippen LogP contribution in [0.4, 0.5) is 5.69 Å². The number of hydrogen-bond acceptors (Lipinski definition) is 3. The second-order valence-corrected chi connectivity index (χ2v) is 3.77. The van der Waals surface area contributed by atoms with Crippen LogP contribution in [0.2, 0.25) is 0 Å². The molecule has 1 atom stereocenters. The fraction of sp³-hybridized carbons (Fsp3) is 0.231. The number of nitrogens with two attached hydrogens (primary N) is 1. The van der Waals surface area contributed by atoms with Gasteiger partial charge in [-0.1, -0.05) is 12.1 Å². The van der Waals surface area contributed by atoms with Crippen LogP contribution in [0.3, 0.4) is 0 Å². The monoisotopic (exact) mass is 246 g/mol. The smallest absolute Gasteiger partial charge is 0.307 e. The molecule has 1 aromatic rings. The highest BCUT2D eigenvalue weighted by atomic mass is 16.4. The fourth-order valence-electron chi connectivity index (χ4n) is 1.39. The maximum absolute atomic E-state index is 11.6. The SMILES string of the molecule is C#CCC(N)C(=O)Nc1cccc(CC(=O)O)c1. The average molecular weight is 246 g/mol. The van der Waals surface area contributed by atoms with Crippen molar-refractivity contribution in [3.63, 3.8) is 0 Å². The Morgan fingerprint density at radius 3 is 2.83 bits per heavy atom. The van der Waals surface area contributed by atoms with Crippen LogP contribution in [0.25, 0.3) is 0 Å². The number of carboxylic acid groups (broad SMARTS) is 1. The predicted molar refractivity (Wildman–Crippen MR) is 67.8 cm³/mol. The van der Waals surface area contributed by atoms with E-state index in [1.807, 2.05) is 0 Å². The number of terminal acetylenes is 1. The Morgan fingerprint density at radius 2 is 2.22 bits per heavy atom. The Bertz CT molecular complexity index is 491. The summed E-state index contributed by atoms with van der Waals surface area (Å²) in [6.45, 7) is 0. The van der Waals surface area contributed by atoms with E-state index < -0.39 is 12.0 Å². The zero-order valence-corrected chi connectivity index (χ0v) is 9.72. The van der Waals surface area contributed by atoms with E-state index in [0.29, 0.717) is 11.3 Å². The summed E-state index contributed by atoms with van der Waals surface area (Å²) in [5.74, 6) is 0.991. The van der Waals surface area contributed by atoms with Crippen LogP contribution in [-0.2, 0) is 16.0 Å². The van der Waals surface area contributed by atoms with E-state index in [9.17, 15) is 9.59 Å². The van der Waals surface area contributed by atoms with E-state index in [4.69, 9.17) is 17.3 Å². The minimum absolute atomic E-state index is 0.0971. The number of amides is 1. The third kappa shape index (κ3) is 4.28. The van der Waals surface area contributed by atoms with Gasteiger partial charge in [0, 0.05) is 12.1 Å². The minimum Gasteiger partial charge on any atom is -0.481 e. The van der Waals surface area contributed by atoms with Crippen LogP contribution in [-0.4, -0.2) is 23.0 Å². The highest BCUT2D eigenvalue weighted by Gasteiger charge is 2.12. The number of rotatable bonds is 5. The summed E-state index contributed by atoms with van der Waals surface area (Å²) < 4.78 is 0. The molecule has 0 radical (unpaired) electrons. The van der Waals surface area contributed by atoms with Gasteiger partial charge in [-0.15, -0.1) is 12.3 Å². The van der Waals surface area contributed by atoms with Crippen LogP contribution in [0.5, 0.6) is 0 Å². The molecule has 0 bridgehead atoms. The van der Waals surface area contributed by atoms with Gasteiger partial charge in [-0.25, -0.2) is 0 Å². The number of hydrogen-bond donors (Lipinski definition) is 3.